The first-order valence-electron chi connectivity index (χ1n) is 10.3. The van der Waals surface area contributed by atoms with Crippen LogP contribution in [-0.2, 0) is 0 Å². The Morgan fingerprint density at radius 2 is 1.07 bits per heavy atom. The first-order valence-corrected chi connectivity index (χ1v) is 12.1. The van der Waals surface area contributed by atoms with Crippen LogP contribution in [0.5, 0.6) is 11.5 Å². The predicted molar refractivity (Wildman–Crippen MR) is 122 cm³/mol. The fraction of sp³-hybridized carbons (Fsp3) is 0.200. The van der Waals surface area contributed by atoms with Gasteiger partial charge in [0.25, 0.3) is 0 Å². The van der Waals surface area contributed by atoms with Gasteiger partial charge < -0.3 is 0 Å². The molecule has 0 saturated heterocycles. The van der Waals surface area contributed by atoms with E-state index < -0.39 is 7.94 Å². The van der Waals surface area contributed by atoms with E-state index in [1.807, 2.05) is 60.7 Å². The molecule has 29 heavy (non-hydrogen) atoms. The molecule has 4 aromatic carbocycles. The van der Waals surface area contributed by atoms with E-state index >= 15 is 0 Å². The van der Waals surface area contributed by atoms with Crippen LogP contribution < -0.4 is 9.05 Å². The third-order valence-corrected chi connectivity index (χ3v) is 8.52. The van der Waals surface area contributed by atoms with E-state index in [4.69, 9.17) is 9.05 Å². The van der Waals surface area contributed by atoms with Crippen molar-refractivity contribution in [3.8, 4) is 11.5 Å². The van der Waals surface area contributed by atoms with Crippen LogP contribution in [0.25, 0.3) is 21.5 Å². The van der Waals surface area contributed by atoms with Gasteiger partial charge in [-0.15, -0.1) is 0 Å². The summed E-state index contributed by atoms with van der Waals surface area (Å²) in [5.74, 6) is 1.40. The van der Waals surface area contributed by atoms with Crippen LogP contribution in [0, 0.1) is 0 Å². The summed E-state index contributed by atoms with van der Waals surface area (Å²) >= 11 is 0. The summed E-state index contributed by atoms with van der Waals surface area (Å²) in [6, 6.07) is 28.1. The minimum atomic E-state index is -3.53. The van der Waals surface area contributed by atoms with Crippen LogP contribution in [0.2, 0.25) is 0 Å². The van der Waals surface area contributed by atoms with Crippen LogP contribution in [0.1, 0.15) is 25.7 Å². The van der Waals surface area contributed by atoms with Gasteiger partial charge >= 0.3 is 171 Å². The Morgan fingerprint density at radius 1 is 0.621 bits per heavy atom. The Kier molecular flexibility index (Phi) is 4.87. The van der Waals surface area contributed by atoms with Gasteiger partial charge in [0, 0.05) is 0 Å². The first kappa shape index (κ1) is 18.4. The molecular formula is C25H25O3P. The molecule has 0 amide bonds. The normalized spacial score (nSPS) is 15.6. The number of hydrogen-bond donors (Lipinski definition) is 1. The number of rotatable bonds is 5. The third-order valence-electron chi connectivity index (χ3n) is 5.88. The van der Waals surface area contributed by atoms with Crippen LogP contribution in [-0.4, -0.2) is 10.6 Å². The van der Waals surface area contributed by atoms with E-state index in [2.05, 4.69) is 24.3 Å². The van der Waals surface area contributed by atoms with Crippen LogP contribution >= 0.6 is 7.94 Å². The topological polar surface area (TPSA) is 38.7 Å². The Morgan fingerprint density at radius 3 is 1.59 bits per heavy atom. The van der Waals surface area contributed by atoms with Crippen molar-refractivity contribution >= 4 is 29.5 Å². The van der Waals surface area contributed by atoms with Crippen molar-refractivity contribution < 1.29 is 13.9 Å². The number of benzene rings is 4. The standard InChI is InChI=1S/C25H25O3P/c26-29(21-13-3-4-14-21,27-24-17-7-11-19-9-1-5-15-22(19)24)28-25-18-8-12-20-10-2-6-16-23(20)25/h1-2,5-12,15-18,21,26,29H,3-4,13-14H2. The molecule has 1 aliphatic carbocycles. The molecule has 0 spiro atoms. The van der Waals surface area contributed by atoms with Crippen LogP contribution in [0.3, 0.4) is 0 Å². The van der Waals surface area contributed by atoms with Crippen molar-refractivity contribution in [2.45, 2.75) is 31.3 Å². The van der Waals surface area contributed by atoms with Crippen molar-refractivity contribution in [2.75, 3.05) is 0 Å². The maximum atomic E-state index is 11.8. The van der Waals surface area contributed by atoms with Crippen molar-refractivity contribution in [1.29, 1.82) is 0 Å². The second-order valence-electron chi connectivity index (χ2n) is 7.77. The van der Waals surface area contributed by atoms with E-state index in [0.29, 0.717) is 11.5 Å². The Balaban J connectivity index is 1.57. The molecule has 1 aliphatic rings. The van der Waals surface area contributed by atoms with Crippen molar-refractivity contribution in [3.05, 3.63) is 84.9 Å². The summed E-state index contributed by atoms with van der Waals surface area (Å²) in [4.78, 5) is 11.8. The van der Waals surface area contributed by atoms with E-state index in [1.54, 1.807) is 0 Å². The average molecular weight is 404 g/mol. The van der Waals surface area contributed by atoms with Crippen molar-refractivity contribution in [3.63, 3.8) is 0 Å². The molecule has 0 aromatic heterocycles. The molecule has 5 rings (SSSR count). The monoisotopic (exact) mass is 404 g/mol. The SMILES string of the molecule is O[PH](Oc1cccc2ccccc12)(Oc1cccc2ccccc12)C1CCCC1. The summed E-state index contributed by atoms with van der Waals surface area (Å²) in [6.45, 7) is 0. The number of hydrogen-bond acceptors (Lipinski definition) is 3. The molecule has 4 aromatic rings. The zero-order valence-corrected chi connectivity index (χ0v) is 17.3. The van der Waals surface area contributed by atoms with Crippen LogP contribution in [0.4, 0.5) is 0 Å². The summed E-state index contributed by atoms with van der Waals surface area (Å²) in [7, 11) is -3.53. The van der Waals surface area contributed by atoms with Gasteiger partial charge in [-0.1, -0.05) is 0 Å². The molecule has 0 heterocycles. The molecule has 1 fully saturated rings. The van der Waals surface area contributed by atoms with Gasteiger partial charge in [-0.3, -0.25) is 0 Å². The molecule has 0 atom stereocenters. The predicted octanol–water partition coefficient (Wildman–Crippen LogP) is 6.88. The van der Waals surface area contributed by atoms with Gasteiger partial charge in [-0.05, 0) is 0 Å². The molecule has 0 radical (unpaired) electrons. The second-order valence-corrected chi connectivity index (χ2v) is 10.3. The zero-order valence-electron chi connectivity index (χ0n) is 16.3. The van der Waals surface area contributed by atoms with Gasteiger partial charge in [0.15, 0.2) is 0 Å². The summed E-state index contributed by atoms with van der Waals surface area (Å²) < 4.78 is 12.8. The molecule has 0 unspecified atom stereocenters. The maximum absolute atomic E-state index is 11.8. The number of fused-ring (bicyclic) bond motifs is 2. The Labute approximate surface area is 171 Å². The van der Waals surface area contributed by atoms with E-state index in [1.165, 1.54) is 0 Å². The van der Waals surface area contributed by atoms with Gasteiger partial charge in [0.1, 0.15) is 0 Å². The molecule has 3 nitrogen and oxygen atoms in total. The quantitative estimate of drug-likeness (QED) is 0.369. The van der Waals surface area contributed by atoms with Crippen molar-refractivity contribution in [1.82, 2.24) is 0 Å². The second kappa shape index (κ2) is 7.67. The van der Waals surface area contributed by atoms with Gasteiger partial charge in [0.05, 0.1) is 0 Å². The molecule has 1 N–H and O–H groups in total. The Hall–Kier alpha value is -2.61. The van der Waals surface area contributed by atoms with E-state index in [9.17, 15) is 4.89 Å². The third kappa shape index (κ3) is 3.57. The minimum absolute atomic E-state index is 0.0560. The summed E-state index contributed by atoms with van der Waals surface area (Å²) in [5.41, 5.74) is 0.0560. The fourth-order valence-electron chi connectivity index (χ4n) is 4.36. The van der Waals surface area contributed by atoms with E-state index in [0.717, 1.165) is 47.2 Å². The molecule has 4 heteroatoms. The van der Waals surface area contributed by atoms with Gasteiger partial charge in [0.2, 0.25) is 0 Å². The molecule has 1 saturated carbocycles. The fourth-order valence-corrected chi connectivity index (χ4v) is 6.86. The molecule has 0 aliphatic heterocycles. The zero-order chi connectivity index (χ0) is 19.7. The molecular weight excluding hydrogens is 379 g/mol. The summed E-state index contributed by atoms with van der Waals surface area (Å²) in [5, 5.41) is 4.19. The van der Waals surface area contributed by atoms with Gasteiger partial charge in [-0.2, -0.15) is 0 Å². The molecule has 0 bridgehead atoms. The van der Waals surface area contributed by atoms with Crippen LogP contribution in [0.15, 0.2) is 84.9 Å². The summed E-state index contributed by atoms with van der Waals surface area (Å²) in [6.07, 6.45) is 4.10. The van der Waals surface area contributed by atoms with Crippen molar-refractivity contribution in [2.24, 2.45) is 0 Å². The Bertz CT molecular complexity index is 1060. The van der Waals surface area contributed by atoms with E-state index in [-0.39, 0.29) is 5.66 Å². The average Bonchev–Trinajstić information content (AvgIpc) is 3.30. The van der Waals surface area contributed by atoms with Gasteiger partial charge in [-0.25, -0.2) is 0 Å². The first-order chi connectivity index (χ1) is 14.2. The molecule has 148 valence electrons.